The maximum atomic E-state index is 3.88. The molecule has 0 saturated heterocycles. The largest absolute Gasteiger partial charge is 0.0786 e. The Kier molecular flexibility index (Phi) is 3.49. The first kappa shape index (κ1) is 12.9. The summed E-state index contributed by atoms with van der Waals surface area (Å²) < 4.78 is 0. The summed E-state index contributed by atoms with van der Waals surface area (Å²) in [4.78, 5) is 0.305. The van der Waals surface area contributed by atoms with E-state index in [9.17, 15) is 0 Å². The number of rotatable bonds is 2. The zero-order valence-corrected chi connectivity index (χ0v) is 13.1. The van der Waals surface area contributed by atoms with Crippen LogP contribution in [0.25, 0.3) is 0 Å². The van der Waals surface area contributed by atoms with Gasteiger partial charge in [-0.25, -0.2) is 0 Å². The second-order valence-corrected chi connectivity index (χ2v) is 6.52. The first-order valence-corrected chi connectivity index (χ1v) is 7.89. The van der Waals surface area contributed by atoms with Crippen molar-refractivity contribution in [2.45, 2.75) is 37.9 Å². The standard InChI is InChI=1S/C18H19Br/c1-12-6-9-17(13(2)10-12)18(19)16-8-7-14-4-3-5-15(14)11-16/h6-11,18H,3-5H2,1-2H3. The molecule has 3 rings (SSSR count). The molecule has 0 nitrogen and oxygen atoms in total. The van der Waals surface area contributed by atoms with E-state index in [2.05, 4.69) is 66.2 Å². The van der Waals surface area contributed by atoms with Gasteiger partial charge in [0.15, 0.2) is 0 Å². The van der Waals surface area contributed by atoms with Crippen LogP contribution in [-0.2, 0) is 12.8 Å². The second-order valence-electron chi connectivity index (χ2n) is 5.60. The normalized spacial score (nSPS) is 15.3. The average molecular weight is 315 g/mol. The summed E-state index contributed by atoms with van der Waals surface area (Å²) in [6.45, 7) is 4.35. The van der Waals surface area contributed by atoms with E-state index in [4.69, 9.17) is 0 Å². The Morgan fingerprint density at radius 2 is 1.74 bits per heavy atom. The molecule has 0 aliphatic heterocycles. The Labute approximate surface area is 124 Å². The highest BCUT2D eigenvalue weighted by Gasteiger charge is 2.16. The number of halogens is 1. The minimum absolute atomic E-state index is 0.305. The van der Waals surface area contributed by atoms with E-state index in [1.807, 2.05) is 0 Å². The second kappa shape index (κ2) is 5.13. The molecule has 0 spiro atoms. The van der Waals surface area contributed by atoms with E-state index in [0.717, 1.165) is 0 Å². The van der Waals surface area contributed by atoms with Crippen LogP contribution in [0.1, 0.15) is 44.6 Å². The highest BCUT2D eigenvalue weighted by Crippen LogP contribution is 2.35. The lowest BCUT2D eigenvalue weighted by molar-refractivity contribution is 0.911. The molecule has 0 heterocycles. The predicted molar refractivity (Wildman–Crippen MR) is 85.2 cm³/mol. The lowest BCUT2D eigenvalue weighted by atomic mass is 9.96. The number of aryl methyl sites for hydroxylation is 4. The Morgan fingerprint density at radius 1 is 0.947 bits per heavy atom. The molecule has 0 bridgehead atoms. The van der Waals surface area contributed by atoms with E-state index in [1.165, 1.54) is 41.5 Å². The topological polar surface area (TPSA) is 0 Å². The van der Waals surface area contributed by atoms with E-state index in [-0.39, 0.29) is 0 Å². The fourth-order valence-electron chi connectivity index (χ4n) is 3.04. The number of alkyl halides is 1. The zero-order valence-electron chi connectivity index (χ0n) is 11.5. The van der Waals surface area contributed by atoms with Crippen molar-refractivity contribution in [3.63, 3.8) is 0 Å². The molecular formula is C18H19Br. The maximum absolute atomic E-state index is 3.88. The summed E-state index contributed by atoms with van der Waals surface area (Å²) in [5, 5.41) is 0. The molecule has 98 valence electrons. The van der Waals surface area contributed by atoms with Gasteiger partial charge in [-0.15, -0.1) is 0 Å². The summed E-state index contributed by atoms with van der Waals surface area (Å²) in [7, 11) is 0. The van der Waals surface area contributed by atoms with E-state index >= 15 is 0 Å². The van der Waals surface area contributed by atoms with E-state index in [1.54, 1.807) is 11.1 Å². The average Bonchev–Trinajstić information content (AvgIpc) is 2.85. The van der Waals surface area contributed by atoms with Crippen LogP contribution in [0.2, 0.25) is 0 Å². The van der Waals surface area contributed by atoms with Crippen LogP contribution < -0.4 is 0 Å². The first-order valence-electron chi connectivity index (χ1n) is 6.98. The quantitative estimate of drug-likeness (QED) is 0.662. The van der Waals surface area contributed by atoms with Crippen molar-refractivity contribution in [3.8, 4) is 0 Å². The molecule has 1 aliphatic rings. The van der Waals surface area contributed by atoms with Gasteiger partial charge in [-0.05, 0) is 60.9 Å². The molecular weight excluding hydrogens is 296 g/mol. The highest BCUT2D eigenvalue weighted by molar-refractivity contribution is 9.09. The van der Waals surface area contributed by atoms with Gasteiger partial charge in [0.1, 0.15) is 0 Å². The minimum atomic E-state index is 0.305. The summed E-state index contributed by atoms with van der Waals surface area (Å²) in [6, 6.07) is 13.7. The smallest absolute Gasteiger partial charge is 0.0647 e. The van der Waals surface area contributed by atoms with Crippen molar-refractivity contribution in [2.75, 3.05) is 0 Å². The maximum Gasteiger partial charge on any atom is 0.0647 e. The molecule has 0 fully saturated rings. The molecule has 1 unspecified atom stereocenters. The van der Waals surface area contributed by atoms with Crippen molar-refractivity contribution in [3.05, 3.63) is 69.8 Å². The monoisotopic (exact) mass is 314 g/mol. The zero-order chi connectivity index (χ0) is 13.4. The molecule has 1 heteroatoms. The molecule has 1 atom stereocenters. The van der Waals surface area contributed by atoms with Crippen LogP contribution in [0.3, 0.4) is 0 Å². The lowest BCUT2D eigenvalue weighted by Gasteiger charge is -2.15. The van der Waals surface area contributed by atoms with E-state index < -0.39 is 0 Å². The molecule has 1 aliphatic carbocycles. The van der Waals surface area contributed by atoms with Crippen LogP contribution in [0, 0.1) is 13.8 Å². The van der Waals surface area contributed by atoms with Gasteiger partial charge in [-0.2, -0.15) is 0 Å². The van der Waals surface area contributed by atoms with Crippen LogP contribution in [0.4, 0.5) is 0 Å². The first-order chi connectivity index (χ1) is 9.15. The van der Waals surface area contributed by atoms with Gasteiger partial charge in [0.05, 0.1) is 4.83 Å². The fourth-order valence-corrected chi connectivity index (χ4v) is 3.84. The van der Waals surface area contributed by atoms with Crippen molar-refractivity contribution in [1.29, 1.82) is 0 Å². The summed E-state index contributed by atoms with van der Waals surface area (Å²) in [5.41, 5.74) is 8.55. The van der Waals surface area contributed by atoms with Crippen LogP contribution in [0.5, 0.6) is 0 Å². The summed E-state index contributed by atoms with van der Waals surface area (Å²) in [6.07, 6.45) is 3.82. The molecule has 0 radical (unpaired) electrons. The van der Waals surface area contributed by atoms with Gasteiger partial charge in [-0.1, -0.05) is 57.9 Å². The Hall–Kier alpha value is -1.08. The molecule has 0 saturated carbocycles. The van der Waals surface area contributed by atoms with Gasteiger partial charge in [0, 0.05) is 0 Å². The number of hydrogen-bond acceptors (Lipinski definition) is 0. The Balaban J connectivity index is 1.97. The summed E-state index contributed by atoms with van der Waals surface area (Å²) >= 11 is 3.88. The third-order valence-electron chi connectivity index (χ3n) is 4.11. The van der Waals surface area contributed by atoms with Crippen LogP contribution >= 0.6 is 15.9 Å². The third kappa shape index (κ3) is 2.49. The fraction of sp³-hybridized carbons (Fsp3) is 0.333. The number of fused-ring (bicyclic) bond motifs is 1. The van der Waals surface area contributed by atoms with Gasteiger partial charge in [0.25, 0.3) is 0 Å². The molecule has 19 heavy (non-hydrogen) atoms. The van der Waals surface area contributed by atoms with Crippen molar-refractivity contribution in [1.82, 2.24) is 0 Å². The van der Waals surface area contributed by atoms with Gasteiger partial charge in [-0.3, -0.25) is 0 Å². The molecule has 0 amide bonds. The van der Waals surface area contributed by atoms with Crippen molar-refractivity contribution >= 4 is 15.9 Å². The lowest BCUT2D eigenvalue weighted by Crippen LogP contribution is -1.97. The SMILES string of the molecule is Cc1ccc(C(Br)c2ccc3c(c2)CCC3)c(C)c1. The third-order valence-corrected chi connectivity index (χ3v) is 5.14. The van der Waals surface area contributed by atoms with Crippen molar-refractivity contribution in [2.24, 2.45) is 0 Å². The summed E-state index contributed by atoms with van der Waals surface area (Å²) in [5.74, 6) is 0. The number of hydrogen-bond donors (Lipinski definition) is 0. The molecule has 2 aromatic carbocycles. The Morgan fingerprint density at radius 3 is 2.53 bits per heavy atom. The molecule has 0 aromatic heterocycles. The van der Waals surface area contributed by atoms with Gasteiger partial charge in [0.2, 0.25) is 0 Å². The molecule has 0 N–H and O–H groups in total. The van der Waals surface area contributed by atoms with Crippen LogP contribution in [-0.4, -0.2) is 0 Å². The van der Waals surface area contributed by atoms with Gasteiger partial charge < -0.3 is 0 Å². The predicted octanol–water partition coefficient (Wildman–Crippen LogP) is 5.28. The van der Waals surface area contributed by atoms with Crippen LogP contribution in [0.15, 0.2) is 36.4 Å². The Bertz CT molecular complexity index is 613. The van der Waals surface area contributed by atoms with Gasteiger partial charge >= 0.3 is 0 Å². The van der Waals surface area contributed by atoms with E-state index in [0.29, 0.717) is 4.83 Å². The van der Waals surface area contributed by atoms with Crippen molar-refractivity contribution < 1.29 is 0 Å². The highest BCUT2D eigenvalue weighted by atomic mass is 79.9. The number of benzene rings is 2. The minimum Gasteiger partial charge on any atom is -0.0786 e. The molecule has 2 aromatic rings.